The molecule has 0 saturated carbocycles. The van der Waals surface area contributed by atoms with Gasteiger partial charge in [0.1, 0.15) is 5.82 Å². The predicted octanol–water partition coefficient (Wildman–Crippen LogP) is 2.40. The van der Waals surface area contributed by atoms with Gasteiger partial charge in [0.25, 0.3) is 5.91 Å². The lowest BCUT2D eigenvalue weighted by Crippen LogP contribution is -2.26. The fourth-order valence-corrected chi connectivity index (χ4v) is 1.74. The van der Waals surface area contributed by atoms with Crippen molar-refractivity contribution in [1.82, 2.24) is 5.43 Å². The van der Waals surface area contributed by atoms with E-state index in [4.69, 9.17) is 0 Å². The van der Waals surface area contributed by atoms with Crippen molar-refractivity contribution < 1.29 is 14.3 Å². The second-order valence-electron chi connectivity index (χ2n) is 4.49. The van der Waals surface area contributed by atoms with Crippen LogP contribution in [0.3, 0.4) is 0 Å². The highest BCUT2D eigenvalue weighted by Crippen LogP contribution is 2.12. The van der Waals surface area contributed by atoms with Crippen molar-refractivity contribution in [1.29, 1.82) is 0 Å². The molecule has 2 aromatic carbocycles. The lowest BCUT2D eigenvalue weighted by molar-refractivity contribution is -0.129. The van der Waals surface area contributed by atoms with Crippen LogP contribution >= 0.6 is 0 Å². The van der Waals surface area contributed by atoms with Gasteiger partial charge in [0.2, 0.25) is 0 Å². The van der Waals surface area contributed by atoms with Crippen LogP contribution in [0.25, 0.3) is 0 Å². The zero-order chi connectivity index (χ0) is 15.2. The van der Waals surface area contributed by atoms with Crippen LogP contribution in [0.5, 0.6) is 0 Å². The first-order valence-electron chi connectivity index (χ1n) is 6.41. The Bertz CT molecular complexity index is 639. The molecule has 0 aliphatic carbocycles. The summed E-state index contributed by atoms with van der Waals surface area (Å²) >= 11 is 0. The fourth-order valence-electron chi connectivity index (χ4n) is 1.74. The Balaban J connectivity index is 2.03. The van der Waals surface area contributed by atoms with E-state index in [1.807, 2.05) is 0 Å². The molecule has 2 aromatic rings. The average molecular weight is 286 g/mol. The van der Waals surface area contributed by atoms with Gasteiger partial charge in [-0.1, -0.05) is 42.5 Å². The monoisotopic (exact) mass is 286 g/mol. The quantitative estimate of drug-likeness (QED) is 0.669. The van der Waals surface area contributed by atoms with Crippen LogP contribution in [-0.2, 0) is 4.79 Å². The van der Waals surface area contributed by atoms with Gasteiger partial charge >= 0.3 is 0 Å². The van der Waals surface area contributed by atoms with Gasteiger partial charge in [0.05, 0.1) is 5.71 Å². The van der Waals surface area contributed by atoms with Gasteiger partial charge in [-0.3, -0.25) is 4.79 Å². The minimum absolute atomic E-state index is 0.338. The Morgan fingerprint density at radius 2 is 1.76 bits per heavy atom. The third-order valence-corrected chi connectivity index (χ3v) is 2.96. The van der Waals surface area contributed by atoms with Crippen molar-refractivity contribution in [3.63, 3.8) is 0 Å². The minimum Gasteiger partial charge on any atom is -0.378 e. The van der Waals surface area contributed by atoms with Crippen LogP contribution in [0.15, 0.2) is 59.7 Å². The molecule has 0 aliphatic heterocycles. The minimum atomic E-state index is -1.28. The number of benzene rings is 2. The molecule has 21 heavy (non-hydrogen) atoms. The van der Waals surface area contributed by atoms with Crippen LogP contribution in [0.4, 0.5) is 4.39 Å². The van der Waals surface area contributed by atoms with Crippen molar-refractivity contribution in [3.8, 4) is 0 Å². The Morgan fingerprint density at radius 3 is 2.38 bits per heavy atom. The van der Waals surface area contributed by atoms with Gasteiger partial charge < -0.3 is 5.11 Å². The molecule has 4 nitrogen and oxygen atoms in total. The number of halogens is 1. The van der Waals surface area contributed by atoms with E-state index >= 15 is 0 Å². The Hall–Kier alpha value is -2.53. The average Bonchev–Trinajstić information content (AvgIpc) is 2.53. The second-order valence-corrected chi connectivity index (χ2v) is 4.49. The SMILES string of the molecule is C/C(=N\NC(=O)C(O)c1ccccc1)c1ccc(F)cc1. The van der Waals surface area contributed by atoms with Gasteiger partial charge in [0.15, 0.2) is 6.10 Å². The number of hydrogen-bond acceptors (Lipinski definition) is 3. The molecular weight excluding hydrogens is 271 g/mol. The number of rotatable bonds is 4. The van der Waals surface area contributed by atoms with Crippen molar-refractivity contribution in [2.24, 2.45) is 5.10 Å². The standard InChI is InChI=1S/C16H15FN2O2/c1-11(12-7-9-14(17)10-8-12)18-19-16(21)15(20)13-5-3-2-4-6-13/h2-10,15,20H,1H3,(H,19,21)/b18-11+. The summed E-state index contributed by atoms with van der Waals surface area (Å²) in [6, 6.07) is 14.3. The molecule has 2 N–H and O–H groups in total. The van der Waals surface area contributed by atoms with E-state index in [0.717, 1.165) is 0 Å². The number of hydrazone groups is 1. The maximum Gasteiger partial charge on any atom is 0.273 e. The summed E-state index contributed by atoms with van der Waals surface area (Å²) in [4.78, 5) is 11.8. The highest BCUT2D eigenvalue weighted by molar-refractivity contribution is 5.99. The van der Waals surface area contributed by atoms with Crippen molar-refractivity contribution >= 4 is 11.6 Å². The molecule has 0 fully saturated rings. The Labute approximate surface area is 121 Å². The summed E-state index contributed by atoms with van der Waals surface area (Å²) in [5, 5.41) is 13.8. The largest absolute Gasteiger partial charge is 0.378 e. The molecule has 1 amide bonds. The number of aliphatic hydroxyl groups excluding tert-OH is 1. The normalized spacial score (nSPS) is 12.8. The van der Waals surface area contributed by atoms with Crippen molar-refractivity contribution in [2.75, 3.05) is 0 Å². The van der Waals surface area contributed by atoms with E-state index in [1.165, 1.54) is 12.1 Å². The molecule has 0 radical (unpaired) electrons. The first-order chi connectivity index (χ1) is 10.1. The Kier molecular flexibility index (Phi) is 4.79. The smallest absolute Gasteiger partial charge is 0.273 e. The van der Waals surface area contributed by atoms with Crippen LogP contribution in [0.1, 0.15) is 24.2 Å². The molecule has 5 heteroatoms. The molecule has 0 aliphatic rings. The molecule has 108 valence electrons. The Morgan fingerprint density at radius 1 is 1.14 bits per heavy atom. The molecule has 0 bridgehead atoms. The second kappa shape index (κ2) is 6.76. The first-order valence-corrected chi connectivity index (χ1v) is 6.41. The summed E-state index contributed by atoms with van der Waals surface area (Å²) in [5.41, 5.74) is 3.99. The summed E-state index contributed by atoms with van der Waals surface area (Å²) in [5.74, 6) is -0.960. The molecule has 0 saturated heterocycles. The van der Waals surface area contributed by atoms with Crippen molar-refractivity contribution in [2.45, 2.75) is 13.0 Å². The number of amides is 1. The molecule has 0 heterocycles. The summed E-state index contributed by atoms with van der Waals surface area (Å²) in [6.45, 7) is 1.68. The van der Waals surface area contributed by atoms with Gasteiger partial charge in [-0.2, -0.15) is 5.10 Å². The molecule has 2 rings (SSSR count). The van der Waals surface area contributed by atoms with E-state index in [9.17, 15) is 14.3 Å². The van der Waals surface area contributed by atoms with Gasteiger partial charge in [0, 0.05) is 0 Å². The first kappa shape index (κ1) is 14.9. The lowest BCUT2D eigenvalue weighted by Gasteiger charge is -2.09. The highest BCUT2D eigenvalue weighted by Gasteiger charge is 2.16. The van der Waals surface area contributed by atoms with Crippen molar-refractivity contribution in [3.05, 3.63) is 71.5 Å². The molecule has 0 aromatic heterocycles. The number of carbonyl (C=O) groups excluding carboxylic acids is 1. The zero-order valence-electron chi connectivity index (χ0n) is 11.5. The van der Waals surface area contributed by atoms with Gasteiger partial charge in [-0.05, 0) is 30.2 Å². The maximum atomic E-state index is 12.8. The van der Waals surface area contributed by atoms with Gasteiger partial charge in [-0.15, -0.1) is 0 Å². The summed E-state index contributed by atoms with van der Waals surface area (Å²) in [7, 11) is 0. The number of carbonyl (C=O) groups is 1. The zero-order valence-corrected chi connectivity index (χ0v) is 11.5. The third kappa shape index (κ3) is 3.97. The topological polar surface area (TPSA) is 61.7 Å². The van der Waals surface area contributed by atoms with E-state index in [2.05, 4.69) is 10.5 Å². The highest BCUT2D eigenvalue weighted by atomic mass is 19.1. The number of nitrogens with zero attached hydrogens (tertiary/aromatic N) is 1. The maximum absolute atomic E-state index is 12.8. The van der Waals surface area contributed by atoms with E-state index < -0.39 is 12.0 Å². The van der Waals surface area contributed by atoms with E-state index in [0.29, 0.717) is 16.8 Å². The number of nitrogens with one attached hydrogen (secondary N) is 1. The van der Waals surface area contributed by atoms with Gasteiger partial charge in [-0.25, -0.2) is 9.82 Å². The summed E-state index contributed by atoms with van der Waals surface area (Å²) in [6.07, 6.45) is -1.28. The van der Waals surface area contributed by atoms with Crippen LogP contribution in [0.2, 0.25) is 0 Å². The molecular formula is C16H15FN2O2. The summed E-state index contributed by atoms with van der Waals surface area (Å²) < 4.78 is 12.8. The number of hydrogen-bond donors (Lipinski definition) is 2. The molecule has 1 unspecified atom stereocenters. The predicted molar refractivity (Wildman–Crippen MR) is 78.2 cm³/mol. The van der Waals surface area contributed by atoms with E-state index in [-0.39, 0.29) is 5.82 Å². The third-order valence-electron chi connectivity index (χ3n) is 2.96. The molecule has 0 spiro atoms. The van der Waals surface area contributed by atoms with Crippen LogP contribution < -0.4 is 5.43 Å². The lowest BCUT2D eigenvalue weighted by atomic mass is 10.1. The van der Waals surface area contributed by atoms with Crippen LogP contribution in [0, 0.1) is 5.82 Å². The van der Waals surface area contributed by atoms with E-state index in [1.54, 1.807) is 49.4 Å². The number of aliphatic hydroxyl groups is 1. The fraction of sp³-hybridized carbons (Fsp3) is 0.125. The van der Waals surface area contributed by atoms with Crippen LogP contribution in [-0.4, -0.2) is 16.7 Å². The molecule has 1 atom stereocenters.